The second kappa shape index (κ2) is 5.70. The van der Waals surface area contributed by atoms with Gasteiger partial charge in [-0.3, -0.25) is 0 Å². The van der Waals surface area contributed by atoms with Crippen molar-refractivity contribution in [1.82, 2.24) is 0 Å². The topological polar surface area (TPSA) is 9.23 Å². The van der Waals surface area contributed by atoms with Gasteiger partial charge in [-0.1, -0.05) is 19.1 Å². The molecule has 0 bridgehead atoms. The molecule has 19 heavy (non-hydrogen) atoms. The lowest BCUT2D eigenvalue weighted by atomic mass is 9.93. The van der Waals surface area contributed by atoms with E-state index in [0.717, 1.165) is 17.4 Å². The molecule has 0 aromatic heterocycles. The van der Waals surface area contributed by atoms with Gasteiger partial charge in [0.05, 0.1) is 11.6 Å². The Labute approximate surface area is 119 Å². The first-order chi connectivity index (χ1) is 9.02. The molecule has 0 aliphatic rings. The minimum absolute atomic E-state index is 0.164. The van der Waals surface area contributed by atoms with Crippen molar-refractivity contribution >= 4 is 15.9 Å². The van der Waals surface area contributed by atoms with E-state index in [1.165, 1.54) is 6.07 Å². The molecule has 4 heteroatoms. The van der Waals surface area contributed by atoms with Crippen LogP contribution in [0.3, 0.4) is 0 Å². The van der Waals surface area contributed by atoms with Crippen LogP contribution in [0, 0.1) is 11.6 Å². The van der Waals surface area contributed by atoms with Crippen LogP contribution in [0.5, 0.6) is 5.75 Å². The summed E-state index contributed by atoms with van der Waals surface area (Å²) in [7, 11) is 1.59. The Hall–Kier alpha value is -1.42. The molecule has 0 N–H and O–H groups in total. The summed E-state index contributed by atoms with van der Waals surface area (Å²) in [5.74, 6) is -0.549. The van der Waals surface area contributed by atoms with Crippen molar-refractivity contribution in [2.75, 3.05) is 7.11 Å². The van der Waals surface area contributed by atoms with Crippen molar-refractivity contribution in [1.29, 1.82) is 0 Å². The molecule has 2 aromatic rings. The average Bonchev–Trinajstić information content (AvgIpc) is 2.42. The van der Waals surface area contributed by atoms with Gasteiger partial charge in [-0.25, -0.2) is 8.78 Å². The summed E-state index contributed by atoms with van der Waals surface area (Å²) in [6.45, 7) is 1.88. The number of hydrogen-bond donors (Lipinski definition) is 0. The lowest BCUT2D eigenvalue weighted by molar-refractivity contribution is 0.414. The van der Waals surface area contributed by atoms with E-state index in [2.05, 4.69) is 15.9 Å². The third-order valence-corrected chi connectivity index (χ3v) is 3.73. The predicted octanol–water partition coefficient (Wildman–Crippen LogP) is 4.89. The maximum absolute atomic E-state index is 13.8. The number of hydrogen-bond acceptors (Lipinski definition) is 1. The highest BCUT2D eigenvalue weighted by Crippen LogP contribution is 2.30. The van der Waals surface area contributed by atoms with Gasteiger partial charge in [0.15, 0.2) is 0 Å². The Bertz CT molecular complexity index is 581. The van der Waals surface area contributed by atoms with Crippen LogP contribution in [-0.2, 0) is 0 Å². The smallest absolute Gasteiger partial charge is 0.140 e. The number of rotatable bonds is 3. The predicted molar refractivity (Wildman–Crippen MR) is 74.6 cm³/mol. The van der Waals surface area contributed by atoms with E-state index in [9.17, 15) is 8.78 Å². The molecule has 2 aromatic carbocycles. The van der Waals surface area contributed by atoms with Gasteiger partial charge in [-0.2, -0.15) is 0 Å². The quantitative estimate of drug-likeness (QED) is 0.730. The highest BCUT2D eigenvalue weighted by atomic mass is 79.9. The maximum Gasteiger partial charge on any atom is 0.140 e. The van der Waals surface area contributed by atoms with Crippen LogP contribution in [0.1, 0.15) is 24.0 Å². The van der Waals surface area contributed by atoms with Crippen LogP contribution in [-0.4, -0.2) is 7.11 Å². The molecule has 0 saturated heterocycles. The van der Waals surface area contributed by atoms with Crippen LogP contribution in [0.2, 0.25) is 0 Å². The molecule has 0 aliphatic carbocycles. The molecule has 0 heterocycles. The molecule has 0 saturated carbocycles. The summed E-state index contributed by atoms with van der Waals surface area (Å²) in [5, 5.41) is 0. The molecule has 1 unspecified atom stereocenters. The van der Waals surface area contributed by atoms with Gasteiger partial charge in [0.1, 0.15) is 17.4 Å². The molecule has 0 aliphatic heterocycles. The van der Waals surface area contributed by atoms with Crippen molar-refractivity contribution in [2.24, 2.45) is 0 Å². The Kier molecular flexibility index (Phi) is 4.20. The monoisotopic (exact) mass is 326 g/mol. The van der Waals surface area contributed by atoms with Crippen LogP contribution >= 0.6 is 15.9 Å². The lowest BCUT2D eigenvalue weighted by Gasteiger charge is -2.14. The summed E-state index contributed by atoms with van der Waals surface area (Å²) in [5.41, 5.74) is 1.40. The molecule has 0 spiro atoms. The third-order valence-electron chi connectivity index (χ3n) is 3.12. The Morgan fingerprint density at radius 2 is 1.68 bits per heavy atom. The zero-order valence-corrected chi connectivity index (χ0v) is 12.2. The van der Waals surface area contributed by atoms with Crippen LogP contribution in [0.25, 0.3) is 0 Å². The summed E-state index contributed by atoms with van der Waals surface area (Å²) in [6.07, 6.45) is 0. The molecule has 0 fully saturated rings. The van der Waals surface area contributed by atoms with Gasteiger partial charge in [0.25, 0.3) is 0 Å². The number of benzene rings is 2. The lowest BCUT2D eigenvalue weighted by Crippen LogP contribution is -2.01. The van der Waals surface area contributed by atoms with Crippen molar-refractivity contribution in [3.63, 3.8) is 0 Å². The summed E-state index contributed by atoms with van der Waals surface area (Å²) in [6, 6.07) is 9.78. The molecule has 2 rings (SSSR count). The Morgan fingerprint density at radius 3 is 2.26 bits per heavy atom. The van der Waals surface area contributed by atoms with E-state index >= 15 is 0 Å². The molecule has 100 valence electrons. The summed E-state index contributed by atoms with van der Waals surface area (Å²) >= 11 is 3.08. The average molecular weight is 327 g/mol. The fourth-order valence-electron chi connectivity index (χ4n) is 1.94. The van der Waals surface area contributed by atoms with Gasteiger partial charge in [-0.15, -0.1) is 0 Å². The zero-order chi connectivity index (χ0) is 14.0. The second-order valence-corrected chi connectivity index (χ2v) is 5.14. The normalized spacial score (nSPS) is 12.3. The first-order valence-electron chi connectivity index (χ1n) is 5.81. The maximum atomic E-state index is 13.8. The fourth-order valence-corrected chi connectivity index (χ4v) is 2.30. The highest BCUT2D eigenvalue weighted by molar-refractivity contribution is 9.10. The van der Waals surface area contributed by atoms with E-state index < -0.39 is 11.6 Å². The van der Waals surface area contributed by atoms with Crippen LogP contribution in [0.4, 0.5) is 8.78 Å². The zero-order valence-electron chi connectivity index (χ0n) is 10.6. The highest BCUT2D eigenvalue weighted by Gasteiger charge is 2.16. The molecule has 0 radical (unpaired) electrons. The molecule has 1 nitrogen and oxygen atoms in total. The van der Waals surface area contributed by atoms with Gasteiger partial charge in [0.2, 0.25) is 0 Å². The summed E-state index contributed by atoms with van der Waals surface area (Å²) < 4.78 is 32.4. The van der Waals surface area contributed by atoms with Crippen LogP contribution in [0.15, 0.2) is 40.9 Å². The third kappa shape index (κ3) is 2.95. The Morgan fingerprint density at radius 1 is 1.05 bits per heavy atom. The van der Waals surface area contributed by atoms with E-state index in [4.69, 9.17) is 4.74 Å². The van der Waals surface area contributed by atoms with Crippen molar-refractivity contribution in [3.8, 4) is 5.75 Å². The van der Waals surface area contributed by atoms with E-state index in [-0.39, 0.29) is 10.4 Å². The summed E-state index contributed by atoms with van der Waals surface area (Å²) in [4.78, 5) is 0. The Balaban J connectivity index is 2.37. The van der Waals surface area contributed by atoms with E-state index in [1.807, 2.05) is 31.2 Å². The molecule has 1 atom stereocenters. The van der Waals surface area contributed by atoms with Crippen molar-refractivity contribution in [2.45, 2.75) is 12.8 Å². The van der Waals surface area contributed by atoms with Crippen molar-refractivity contribution in [3.05, 3.63) is 63.6 Å². The van der Waals surface area contributed by atoms with Crippen LogP contribution < -0.4 is 4.74 Å². The first-order valence-corrected chi connectivity index (χ1v) is 6.60. The minimum Gasteiger partial charge on any atom is -0.497 e. The minimum atomic E-state index is -0.594. The second-order valence-electron chi connectivity index (χ2n) is 4.28. The number of ether oxygens (including phenoxy) is 1. The van der Waals surface area contributed by atoms with E-state index in [1.54, 1.807) is 7.11 Å². The number of methoxy groups -OCH3 is 1. The van der Waals surface area contributed by atoms with Crippen molar-refractivity contribution < 1.29 is 13.5 Å². The standard InChI is InChI=1S/C15H13BrF2O/c1-9(10-3-5-11(19-2)6-4-10)12-7-13(16)15(18)8-14(12)17/h3-9H,1-2H3. The molecular weight excluding hydrogens is 314 g/mol. The van der Waals surface area contributed by atoms with Gasteiger partial charge >= 0.3 is 0 Å². The molecular formula is C15H13BrF2O. The van der Waals surface area contributed by atoms with Gasteiger partial charge < -0.3 is 4.74 Å². The largest absolute Gasteiger partial charge is 0.497 e. The number of halogens is 3. The fraction of sp³-hybridized carbons (Fsp3) is 0.200. The van der Waals surface area contributed by atoms with Gasteiger partial charge in [0, 0.05) is 12.0 Å². The first kappa shape index (κ1) is 14.0. The molecule has 0 amide bonds. The van der Waals surface area contributed by atoms with E-state index in [0.29, 0.717) is 5.56 Å². The van der Waals surface area contributed by atoms with Gasteiger partial charge in [-0.05, 0) is 45.3 Å². The SMILES string of the molecule is COc1ccc(C(C)c2cc(Br)c(F)cc2F)cc1.